The van der Waals surface area contributed by atoms with E-state index in [1.165, 1.54) is 56.2 Å². The van der Waals surface area contributed by atoms with Crippen LogP contribution in [0.3, 0.4) is 0 Å². The van der Waals surface area contributed by atoms with Crippen LogP contribution in [-0.4, -0.2) is 0 Å². The van der Waals surface area contributed by atoms with Crippen molar-refractivity contribution in [2.45, 2.75) is 51.9 Å². The van der Waals surface area contributed by atoms with Gasteiger partial charge in [-0.15, -0.1) is 0 Å². The number of benzene rings is 2. The van der Waals surface area contributed by atoms with Crippen LogP contribution < -0.4 is 0 Å². The number of hydrogen-bond donors (Lipinski definition) is 0. The van der Waals surface area contributed by atoms with E-state index in [4.69, 9.17) is 0 Å². The van der Waals surface area contributed by atoms with E-state index >= 15 is 0 Å². The molecular formula is C22H24F2. The van der Waals surface area contributed by atoms with Gasteiger partial charge in [-0.1, -0.05) is 63.0 Å². The van der Waals surface area contributed by atoms with Gasteiger partial charge in [0.25, 0.3) is 0 Å². The molecule has 0 saturated carbocycles. The fourth-order valence-corrected chi connectivity index (χ4v) is 2.59. The molecule has 0 nitrogen and oxygen atoms in total. The fraction of sp³-hybridized carbons (Fsp3) is 0.364. The molecule has 0 aliphatic heterocycles. The highest BCUT2D eigenvalue weighted by Crippen LogP contribution is 2.12. The Morgan fingerprint density at radius 2 is 1.50 bits per heavy atom. The Kier molecular flexibility index (Phi) is 7.49. The maximum atomic E-state index is 13.5. The van der Waals surface area contributed by atoms with Crippen molar-refractivity contribution in [3.63, 3.8) is 0 Å². The van der Waals surface area contributed by atoms with Crippen LogP contribution >= 0.6 is 0 Å². The zero-order chi connectivity index (χ0) is 17.2. The minimum atomic E-state index is -0.623. The standard InChI is InChI=1S/C22H24F2/c1-2-3-4-5-6-7-8-18-9-11-19(12-10-18)13-14-20-15-16-21(23)17-22(20)24/h9-12,15-17H,2-8H2,1H3. The molecule has 2 aromatic rings. The van der Waals surface area contributed by atoms with Gasteiger partial charge < -0.3 is 0 Å². The summed E-state index contributed by atoms with van der Waals surface area (Å²) in [6.07, 6.45) is 8.87. The van der Waals surface area contributed by atoms with E-state index in [9.17, 15) is 8.78 Å². The summed E-state index contributed by atoms with van der Waals surface area (Å²) in [6, 6.07) is 11.5. The van der Waals surface area contributed by atoms with E-state index < -0.39 is 11.6 Å². The quantitative estimate of drug-likeness (QED) is 0.415. The average molecular weight is 326 g/mol. The van der Waals surface area contributed by atoms with Gasteiger partial charge in [0.2, 0.25) is 0 Å². The number of aryl methyl sites for hydroxylation is 1. The van der Waals surface area contributed by atoms with E-state index in [0.29, 0.717) is 0 Å². The minimum Gasteiger partial charge on any atom is -0.207 e. The smallest absolute Gasteiger partial charge is 0.141 e. The molecule has 0 aromatic heterocycles. The first-order chi connectivity index (χ1) is 11.7. The molecule has 0 aliphatic carbocycles. The predicted octanol–water partition coefficient (Wildman–Crippen LogP) is 6.27. The van der Waals surface area contributed by atoms with Crippen LogP contribution in [0.4, 0.5) is 8.78 Å². The van der Waals surface area contributed by atoms with Gasteiger partial charge in [-0.25, -0.2) is 8.78 Å². The molecule has 0 amide bonds. The van der Waals surface area contributed by atoms with Crippen molar-refractivity contribution in [3.8, 4) is 11.8 Å². The molecule has 0 radical (unpaired) electrons. The third kappa shape index (κ3) is 6.16. The Balaban J connectivity index is 1.85. The second kappa shape index (κ2) is 9.88. The zero-order valence-electron chi connectivity index (χ0n) is 14.2. The lowest BCUT2D eigenvalue weighted by Gasteiger charge is -2.02. The summed E-state index contributed by atoms with van der Waals surface area (Å²) in [5.41, 5.74) is 2.36. The second-order valence-electron chi connectivity index (χ2n) is 6.09. The highest BCUT2D eigenvalue weighted by molar-refractivity contribution is 5.44. The van der Waals surface area contributed by atoms with Gasteiger partial charge in [0.05, 0.1) is 5.56 Å². The Labute approximate surface area is 143 Å². The molecule has 2 heteroatoms. The molecule has 0 bridgehead atoms. The van der Waals surface area contributed by atoms with Crippen molar-refractivity contribution in [2.24, 2.45) is 0 Å². The van der Waals surface area contributed by atoms with Crippen molar-refractivity contribution in [1.29, 1.82) is 0 Å². The summed E-state index contributed by atoms with van der Waals surface area (Å²) < 4.78 is 26.4. The van der Waals surface area contributed by atoms with Crippen LogP contribution in [0.2, 0.25) is 0 Å². The maximum absolute atomic E-state index is 13.5. The molecule has 0 heterocycles. The van der Waals surface area contributed by atoms with Crippen molar-refractivity contribution in [2.75, 3.05) is 0 Å². The second-order valence-corrected chi connectivity index (χ2v) is 6.09. The van der Waals surface area contributed by atoms with Crippen molar-refractivity contribution in [1.82, 2.24) is 0 Å². The fourth-order valence-electron chi connectivity index (χ4n) is 2.59. The monoisotopic (exact) mass is 326 g/mol. The SMILES string of the molecule is CCCCCCCCc1ccc(C#Cc2ccc(F)cc2F)cc1. The van der Waals surface area contributed by atoms with E-state index in [0.717, 1.165) is 18.1 Å². The Morgan fingerprint density at radius 3 is 2.21 bits per heavy atom. The maximum Gasteiger partial charge on any atom is 0.141 e. The summed E-state index contributed by atoms with van der Waals surface area (Å²) in [5.74, 6) is 4.47. The normalized spacial score (nSPS) is 10.3. The lowest BCUT2D eigenvalue weighted by atomic mass is 10.0. The molecule has 2 aromatic carbocycles. The van der Waals surface area contributed by atoms with Crippen LogP contribution in [-0.2, 0) is 6.42 Å². The number of unbranched alkanes of at least 4 members (excludes halogenated alkanes) is 5. The third-order valence-corrected chi connectivity index (χ3v) is 4.05. The van der Waals surface area contributed by atoms with E-state index in [-0.39, 0.29) is 5.56 Å². The summed E-state index contributed by atoms with van der Waals surface area (Å²) in [6.45, 7) is 2.23. The molecule has 0 unspecified atom stereocenters. The molecule has 2 rings (SSSR count). The first-order valence-corrected chi connectivity index (χ1v) is 8.75. The summed E-state index contributed by atoms with van der Waals surface area (Å²) in [5, 5.41) is 0. The number of hydrogen-bond acceptors (Lipinski definition) is 0. The number of rotatable bonds is 7. The molecule has 0 aliphatic rings. The van der Waals surface area contributed by atoms with Crippen LogP contribution in [0, 0.1) is 23.5 Å². The van der Waals surface area contributed by atoms with Crippen LogP contribution in [0.25, 0.3) is 0 Å². The molecule has 0 spiro atoms. The Morgan fingerprint density at radius 1 is 0.792 bits per heavy atom. The van der Waals surface area contributed by atoms with Gasteiger partial charge in [-0.3, -0.25) is 0 Å². The molecule has 0 fully saturated rings. The number of halogens is 2. The lowest BCUT2D eigenvalue weighted by molar-refractivity contribution is 0.581. The summed E-state index contributed by atoms with van der Waals surface area (Å²) >= 11 is 0. The summed E-state index contributed by atoms with van der Waals surface area (Å²) in [7, 11) is 0. The molecule has 0 atom stereocenters. The average Bonchev–Trinajstić information content (AvgIpc) is 2.58. The molecular weight excluding hydrogens is 302 g/mol. The topological polar surface area (TPSA) is 0 Å². The van der Waals surface area contributed by atoms with E-state index in [2.05, 4.69) is 30.9 Å². The van der Waals surface area contributed by atoms with E-state index in [1.807, 2.05) is 12.1 Å². The van der Waals surface area contributed by atoms with Crippen LogP contribution in [0.5, 0.6) is 0 Å². The third-order valence-electron chi connectivity index (χ3n) is 4.05. The van der Waals surface area contributed by atoms with Crippen molar-refractivity contribution >= 4 is 0 Å². The zero-order valence-corrected chi connectivity index (χ0v) is 14.2. The largest absolute Gasteiger partial charge is 0.207 e. The Hall–Kier alpha value is -2.14. The van der Waals surface area contributed by atoms with Gasteiger partial charge in [0, 0.05) is 11.6 Å². The van der Waals surface area contributed by atoms with Crippen LogP contribution in [0.15, 0.2) is 42.5 Å². The van der Waals surface area contributed by atoms with Gasteiger partial charge in [-0.05, 0) is 42.7 Å². The van der Waals surface area contributed by atoms with Gasteiger partial charge in [0.15, 0.2) is 0 Å². The van der Waals surface area contributed by atoms with Gasteiger partial charge in [0.1, 0.15) is 11.6 Å². The van der Waals surface area contributed by atoms with Crippen LogP contribution in [0.1, 0.15) is 62.1 Å². The molecule has 0 saturated heterocycles. The predicted molar refractivity (Wildman–Crippen MR) is 95.9 cm³/mol. The lowest BCUT2D eigenvalue weighted by Crippen LogP contribution is -1.87. The Bertz CT molecular complexity index is 690. The van der Waals surface area contributed by atoms with Crippen molar-refractivity contribution in [3.05, 3.63) is 70.8 Å². The first-order valence-electron chi connectivity index (χ1n) is 8.75. The highest BCUT2D eigenvalue weighted by atomic mass is 19.1. The van der Waals surface area contributed by atoms with Crippen molar-refractivity contribution < 1.29 is 8.78 Å². The van der Waals surface area contributed by atoms with Gasteiger partial charge in [-0.2, -0.15) is 0 Å². The molecule has 126 valence electrons. The molecule has 0 N–H and O–H groups in total. The highest BCUT2D eigenvalue weighted by Gasteiger charge is 2.00. The first kappa shape index (κ1) is 18.2. The minimum absolute atomic E-state index is 0.215. The van der Waals surface area contributed by atoms with Gasteiger partial charge >= 0.3 is 0 Å². The molecule has 24 heavy (non-hydrogen) atoms. The van der Waals surface area contributed by atoms with E-state index in [1.54, 1.807) is 0 Å². The summed E-state index contributed by atoms with van der Waals surface area (Å²) in [4.78, 5) is 0.